The topological polar surface area (TPSA) is 46.2 Å². The lowest BCUT2D eigenvalue weighted by molar-refractivity contribution is -0.119. The average molecular weight is 268 g/mol. The van der Waals surface area contributed by atoms with Crippen LogP contribution in [0, 0.1) is 0 Å². The number of ketones is 1. The summed E-state index contributed by atoms with van der Waals surface area (Å²) in [7, 11) is 0. The number of halogens is 1. The van der Waals surface area contributed by atoms with Gasteiger partial charge in [0.2, 0.25) is 5.91 Å². The molecule has 1 N–H and O–H groups in total. The van der Waals surface area contributed by atoms with E-state index in [0.717, 1.165) is 10.0 Å². The normalized spacial score (nSPS) is 18.8. The van der Waals surface area contributed by atoms with Crippen LogP contribution >= 0.6 is 15.9 Å². The van der Waals surface area contributed by atoms with E-state index in [1.54, 1.807) is 6.07 Å². The molecule has 0 heterocycles. The lowest BCUT2D eigenvalue weighted by atomic mass is 10.1. The van der Waals surface area contributed by atoms with E-state index in [0.29, 0.717) is 12.0 Å². The summed E-state index contributed by atoms with van der Waals surface area (Å²) >= 11 is 3.32. The Bertz CT molecular complexity index is 442. The van der Waals surface area contributed by atoms with Crippen LogP contribution < -0.4 is 5.32 Å². The highest BCUT2D eigenvalue weighted by molar-refractivity contribution is 9.10. The molecular weight excluding hydrogens is 258 g/mol. The summed E-state index contributed by atoms with van der Waals surface area (Å²) in [6.45, 7) is 1.42. The molecule has 1 atom stereocenters. The minimum atomic E-state index is -0.383. The van der Waals surface area contributed by atoms with Crippen LogP contribution in [-0.2, 0) is 11.2 Å². The van der Waals surface area contributed by atoms with Crippen LogP contribution in [0.15, 0.2) is 22.7 Å². The molecule has 0 spiro atoms. The number of hydrogen-bond acceptors (Lipinski definition) is 2. The quantitative estimate of drug-likeness (QED) is 0.842. The third kappa shape index (κ3) is 1.95. The molecule has 1 aromatic rings. The Morgan fingerprint density at radius 1 is 1.53 bits per heavy atom. The van der Waals surface area contributed by atoms with Gasteiger partial charge >= 0.3 is 0 Å². The zero-order valence-electron chi connectivity index (χ0n) is 8.21. The van der Waals surface area contributed by atoms with Gasteiger partial charge in [-0.15, -0.1) is 0 Å². The number of carbonyl (C=O) groups is 2. The van der Waals surface area contributed by atoms with E-state index in [-0.39, 0.29) is 17.7 Å². The van der Waals surface area contributed by atoms with Crippen LogP contribution in [0.2, 0.25) is 0 Å². The highest BCUT2D eigenvalue weighted by atomic mass is 79.9. The predicted octanol–water partition coefficient (Wildman–Crippen LogP) is 1.69. The Morgan fingerprint density at radius 3 is 2.93 bits per heavy atom. The third-order valence-electron chi connectivity index (χ3n) is 2.46. The van der Waals surface area contributed by atoms with Crippen molar-refractivity contribution in [1.82, 2.24) is 5.32 Å². The molecule has 0 saturated heterocycles. The molecular formula is C11H10BrNO2. The van der Waals surface area contributed by atoms with Gasteiger partial charge in [0.15, 0.2) is 5.78 Å². The summed E-state index contributed by atoms with van der Waals surface area (Å²) in [6.07, 6.45) is 0.598. The van der Waals surface area contributed by atoms with Gasteiger partial charge in [-0.2, -0.15) is 0 Å². The summed E-state index contributed by atoms with van der Waals surface area (Å²) in [6, 6.07) is 5.24. The van der Waals surface area contributed by atoms with Crippen molar-refractivity contribution in [2.45, 2.75) is 19.4 Å². The Morgan fingerprint density at radius 2 is 2.27 bits per heavy atom. The molecule has 0 aliphatic heterocycles. The van der Waals surface area contributed by atoms with Crippen molar-refractivity contribution >= 4 is 27.6 Å². The van der Waals surface area contributed by atoms with Gasteiger partial charge in [0.05, 0.1) is 6.04 Å². The van der Waals surface area contributed by atoms with Crippen LogP contribution in [0.5, 0.6) is 0 Å². The fourth-order valence-corrected chi connectivity index (χ4v) is 2.18. The standard InChI is InChI=1S/C11H10BrNO2/c1-6(14)13-10-4-7-2-3-8(12)5-9(7)11(10)15/h2-3,5,10H,4H2,1H3,(H,13,14)/t10-/m0/s1. The largest absolute Gasteiger partial charge is 0.346 e. The zero-order chi connectivity index (χ0) is 11.0. The molecule has 2 rings (SSSR count). The fourth-order valence-electron chi connectivity index (χ4n) is 1.82. The molecule has 0 bridgehead atoms. The summed E-state index contributed by atoms with van der Waals surface area (Å²) in [5, 5.41) is 2.65. The van der Waals surface area contributed by atoms with Crippen LogP contribution in [0.4, 0.5) is 0 Å². The molecule has 0 unspecified atom stereocenters. The number of Topliss-reactive ketones (excluding diaryl/α,β-unsaturated/α-hetero) is 1. The van der Waals surface area contributed by atoms with Gasteiger partial charge in [-0.1, -0.05) is 22.0 Å². The molecule has 1 aromatic carbocycles. The molecule has 78 valence electrons. The van der Waals surface area contributed by atoms with Crippen molar-refractivity contribution in [3.05, 3.63) is 33.8 Å². The van der Waals surface area contributed by atoms with Crippen LogP contribution in [0.3, 0.4) is 0 Å². The van der Waals surface area contributed by atoms with Crippen LogP contribution in [0.1, 0.15) is 22.8 Å². The molecule has 1 aliphatic rings. The van der Waals surface area contributed by atoms with Crippen molar-refractivity contribution in [2.75, 3.05) is 0 Å². The fraction of sp³-hybridized carbons (Fsp3) is 0.273. The number of amides is 1. The second-order valence-electron chi connectivity index (χ2n) is 3.62. The van der Waals surface area contributed by atoms with Crippen LogP contribution in [-0.4, -0.2) is 17.7 Å². The first-order valence-electron chi connectivity index (χ1n) is 4.67. The summed E-state index contributed by atoms with van der Waals surface area (Å²) in [5.41, 5.74) is 1.71. The van der Waals surface area contributed by atoms with E-state index in [4.69, 9.17) is 0 Å². The predicted molar refractivity (Wildman–Crippen MR) is 59.8 cm³/mol. The number of rotatable bonds is 1. The molecule has 1 aliphatic carbocycles. The van der Waals surface area contributed by atoms with Gasteiger partial charge in [0.25, 0.3) is 0 Å². The third-order valence-corrected chi connectivity index (χ3v) is 2.95. The van der Waals surface area contributed by atoms with Crippen molar-refractivity contribution in [3.8, 4) is 0 Å². The molecule has 4 heteroatoms. The zero-order valence-corrected chi connectivity index (χ0v) is 9.80. The van der Waals surface area contributed by atoms with Crippen molar-refractivity contribution < 1.29 is 9.59 Å². The lowest BCUT2D eigenvalue weighted by Crippen LogP contribution is -2.37. The summed E-state index contributed by atoms with van der Waals surface area (Å²) in [5.74, 6) is -0.165. The molecule has 3 nitrogen and oxygen atoms in total. The van der Waals surface area contributed by atoms with E-state index in [1.165, 1.54) is 6.92 Å². The Hall–Kier alpha value is -1.16. The van der Waals surface area contributed by atoms with E-state index in [9.17, 15) is 9.59 Å². The summed E-state index contributed by atoms with van der Waals surface area (Å²) < 4.78 is 0.887. The molecule has 15 heavy (non-hydrogen) atoms. The number of carbonyl (C=O) groups excluding carboxylic acids is 2. The first-order chi connectivity index (χ1) is 7.08. The summed E-state index contributed by atoms with van der Waals surface area (Å²) in [4.78, 5) is 22.7. The van der Waals surface area contributed by atoms with Gasteiger partial charge in [-0.05, 0) is 17.7 Å². The molecule has 0 saturated carbocycles. The first-order valence-corrected chi connectivity index (χ1v) is 5.47. The van der Waals surface area contributed by atoms with Gasteiger partial charge in [-0.3, -0.25) is 9.59 Å². The first kappa shape index (κ1) is 10.4. The van der Waals surface area contributed by atoms with Crippen molar-refractivity contribution in [2.24, 2.45) is 0 Å². The van der Waals surface area contributed by atoms with E-state index in [1.807, 2.05) is 12.1 Å². The van der Waals surface area contributed by atoms with E-state index < -0.39 is 0 Å². The Kier molecular flexibility index (Phi) is 2.61. The Labute approximate surface area is 96.0 Å². The molecule has 1 amide bonds. The maximum absolute atomic E-state index is 11.8. The second-order valence-corrected chi connectivity index (χ2v) is 4.54. The monoisotopic (exact) mass is 267 g/mol. The van der Waals surface area contributed by atoms with Gasteiger partial charge in [0.1, 0.15) is 0 Å². The van der Waals surface area contributed by atoms with E-state index in [2.05, 4.69) is 21.2 Å². The molecule has 0 fully saturated rings. The van der Waals surface area contributed by atoms with Crippen molar-refractivity contribution in [1.29, 1.82) is 0 Å². The minimum absolute atomic E-state index is 0.00139. The highest BCUT2D eigenvalue weighted by Gasteiger charge is 2.30. The van der Waals surface area contributed by atoms with Gasteiger partial charge in [-0.25, -0.2) is 0 Å². The number of nitrogens with one attached hydrogen (secondary N) is 1. The highest BCUT2D eigenvalue weighted by Crippen LogP contribution is 2.25. The van der Waals surface area contributed by atoms with E-state index >= 15 is 0 Å². The SMILES string of the molecule is CC(=O)N[C@H]1Cc2ccc(Br)cc2C1=O. The maximum atomic E-state index is 11.8. The maximum Gasteiger partial charge on any atom is 0.217 e. The minimum Gasteiger partial charge on any atom is -0.346 e. The lowest BCUT2D eigenvalue weighted by Gasteiger charge is -2.07. The number of benzene rings is 1. The Balaban J connectivity index is 2.29. The number of fused-ring (bicyclic) bond motifs is 1. The van der Waals surface area contributed by atoms with Gasteiger partial charge in [0, 0.05) is 23.4 Å². The second kappa shape index (κ2) is 3.77. The molecule has 0 aromatic heterocycles. The molecule has 0 radical (unpaired) electrons. The van der Waals surface area contributed by atoms with Gasteiger partial charge < -0.3 is 5.32 Å². The van der Waals surface area contributed by atoms with Crippen LogP contribution in [0.25, 0.3) is 0 Å². The van der Waals surface area contributed by atoms with Crippen molar-refractivity contribution in [3.63, 3.8) is 0 Å². The number of hydrogen-bond donors (Lipinski definition) is 1. The smallest absolute Gasteiger partial charge is 0.217 e. The average Bonchev–Trinajstić information content (AvgIpc) is 2.44.